The van der Waals surface area contributed by atoms with Crippen molar-refractivity contribution in [2.24, 2.45) is 10.7 Å². The van der Waals surface area contributed by atoms with Crippen LogP contribution in [0.15, 0.2) is 40.2 Å². The molecule has 86 valence electrons. The van der Waals surface area contributed by atoms with E-state index in [1.807, 2.05) is 6.08 Å². The average molecular weight is 218 g/mol. The lowest BCUT2D eigenvalue weighted by Gasteiger charge is -2.22. The molecule has 0 fully saturated rings. The van der Waals surface area contributed by atoms with Crippen LogP contribution in [0.4, 0.5) is 0 Å². The van der Waals surface area contributed by atoms with Gasteiger partial charge in [0.2, 0.25) is 5.88 Å². The van der Waals surface area contributed by atoms with Crippen LogP contribution < -0.4 is 5.73 Å². The van der Waals surface area contributed by atoms with Gasteiger partial charge in [-0.3, -0.25) is 0 Å². The molecule has 2 rings (SSSR count). The van der Waals surface area contributed by atoms with E-state index in [1.54, 1.807) is 7.11 Å². The summed E-state index contributed by atoms with van der Waals surface area (Å²) in [6.45, 7) is 2.15. The highest BCUT2D eigenvalue weighted by atomic mass is 16.5. The van der Waals surface area contributed by atoms with Crippen molar-refractivity contribution in [1.82, 2.24) is 0 Å². The van der Waals surface area contributed by atoms with Crippen molar-refractivity contribution in [2.45, 2.75) is 32.2 Å². The summed E-state index contributed by atoms with van der Waals surface area (Å²) in [7, 11) is 1.64. The molecule has 0 aromatic heterocycles. The van der Waals surface area contributed by atoms with Crippen molar-refractivity contribution in [3.63, 3.8) is 0 Å². The predicted octanol–water partition coefficient (Wildman–Crippen LogP) is 2.31. The maximum atomic E-state index is 6.07. The first-order valence-corrected chi connectivity index (χ1v) is 5.65. The zero-order valence-corrected chi connectivity index (χ0v) is 9.86. The number of hydrogen-bond acceptors (Lipinski definition) is 3. The lowest BCUT2D eigenvalue weighted by atomic mass is 9.91. The van der Waals surface area contributed by atoms with Crippen LogP contribution >= 0.6 is 0 Å². The Hall–Kier alpha value is -1.35. The van der Waals surface area contributed by atoms with Gasteiger partial charge in [0.1, 0.15) is 0 Å². The third-order valence-corrected chi connectivity index (χ3v) is 3.02. The van der Waals surface area contributed by atoms with Crippen LogP contribution in [-0.2, 0) is 4.74 Å². The fourth-order valence-corrected chi connectivity index (χ4v) is 1.98. The maximum absolute atomic E-state index is 6.07. The second-order valence-electron chi connectivity index (χ2n) is 4.29. The maximum Gasteiger partial charge on any atom is 0.209 e. The molecule has 0 spiro atoms. The zero-order chi connectivity index (χ0) is 11.5. The van der Waals surface area contributed by atoms with Gasteiger partial charge in [0.05, 0.1) is 18.9 Å². The number of allylic oxidation sites excluding steroid dienone is 3. The van der Waals surface area contributed by atoms with E-state index in [2.05, 4.69) is 24.1 Å². The van der Waals surface area contributed by atoms with E-state index in [1.165, 1.54) is 11.1 Å². The van der Waals surface area contributed by atoms with Crippen molar-refractivity contribution < 1.29 is 4.74 Å². The number of aliphatic imine (C=N–C) groups is 1. The molecular weight excluding hydrogens is 200 g/mol. The highest BCUT2D eigenvalue weighted by molar-refractivity contribution is 6.05. The van der Waals surface area contributed by atoms with Gasteiger partial charge in [-0.05, 0) is 37.8 Å². The monoisotopic (exact) mass is 218 g/mol. The first kappa shape index (κ1) is 11.1. The molecule has 3 heteroatoms. The summed E-state index contributed by atoms with van der Waals surface area (Å²) < 4.78 is 5.16. The molecule has 1 atom stereocenters. The Morgan fingerprint density at radius 3 is 2.81 bits per heavy atom. The largest absolute Gasteiger partial charge is 0.481 e. The topological polar surface area (TPSA) is 47.6 Å². The third kappa shape index (κ3) is 2.25. The van der Waals surface area contributed by atoms with Gasteiger partial charge in [-0.1, -0.05) is 17.7 Å². The first-order chi connectivity index (χ1) is 7.70. The van der Waals surface area contributed by atoms with Crippen LogP contribution in [0, 0.1) is 0 Å². The molecule has 0 saturated heterocycles. The van der Waals surface area contributed by atoms with E-state index in [9.17, 15) is 0 Å². The highest BCUT2D eigenvalue weighted by Crippen LogP contribution is 2.23. The summed E-state index contributed by atoms with van der Waals surface area (Å²) in [4.78, 5) is 4.46. The van der Waals surface area contributed by atoms with Crippen LogP contribution in [0.1, 0.15) is 26.2 Å². The van der Waals surface area contributed by atoms with Crippen LogP contribution in [0.5, 0.6) is 0 Å². The Morgan fingerprint density at radius 2 is 2.19 bits per heavy atom. The second kappa shape index (κ2) is 4.66. The molecule has 0 aromatic carbocycles. The summed E-state index contributed by atoms with van der Waals surface area (Å²) in [6, 6.07) is 0.0111. The molecule has 0 amide bonds. The molecule has 2 N–H and O–H groups in total. The Labute approximate surface area is 96.4 Å². The number of ether oxygens (including phenoxy) is 1. The number of rotatable bonds is 2. The highest BCUT2D eigenvalue weighted by Gasteiger charge is 2.20. The van der Waals surface area contributed by atoms with Gasteiger partial charge in [-0.2, -0.15) is 0 Å². The minimum absolute atomic E-state index is 0.0111. The fraction of sp³-hybridized carbons (Fsp3) is 0.462. The molecular formula is C13H18N2O. The predicted molar refractivity (Wildman–Crippen MR) is 66.2 cm³/mol. The van der Waals surface area contributed by atoms with Gasteiger partial charge in [-0.25, -0.2) is 4.99 Å². The van der Waals surface area contributed by atoms with Gasteiger partial charge >= 0.3 is 0 Å². The number of hydrogen-bond donors (Lipinski definition) is 1. The fourth-order valence-electron chi connectivity index (χ4n) is 1.98. The van der Waals surface area contributed by atoms with Crippen LogP contribution in [0.2, 0.25) is 0 Å². The number of nitrogens with zero attached hydrogens (tertiary/aromatic N) is 1. The van der Waals surface area contributed by atoms with E-state index >= 15 is 0 Å². The average Bonchev–Trinajstić information content (AvgIpc) is 2.31. The summed E-state index contributed by atoms with van der Waals surface area (Å²) in [5.74, 6) is 0.684. The second-order valence-corrected chi connectivity index (χ2v) is 4.29. The third-order valence-electron chi connectivity index (χ3n) is 3.02. The van der Waals surface area contributed by atoms with Crippen LogP contribution in [0.3, 0.4) is 0 Å². The molecule has 1 heterocycles. The van der Waals surface area contributed by atoms with Crippen molar-refractivity contribution in [2.75, 3.05) is 7.11 Å². The normalized spacial score (nSPS) is 25.3. The zero-order valence-electron chi connectivity index (χ0n) is 9.86. The quantitative estimate of drug-likeness (QED) is 0.773. The first-order valence-electron chi connectivity index (χ1n) is 5.65. The van der Waals surface area contributed by atoms with Crippen molar-refractivity contribution in [1.29, 1.82) is 0 Å². The molecule has 16 heavy (non-hydrogen) atoms. The minimum Gasteiger partial charge on any atom is -0.481 e. The summed E-state index contributed by atoms with van der Waals surface area (Å²) in [6.07, 6.45) is 9.17. The van der Waals surface area contributed by atoms with E-state index in [4.69, 9.17) is 10.5 Å². The summed E-state index contributed by atoms with van der Waals surface area (Å²) >= 11 is 0. The van der Waals surface area contributed by atoms with Gasteiger partial charge in [-0.15, -0.1) is 0 Å². The standard InChI is InChI=1S/C13H18N2O/c1-9-3-5-10(6-4-9)13-11(14)7-8-12(15-13)16-2/h3,5,8,11H,4,6-7,14H2,1-2H3. The van der Waals surface area contributed by atoms with Crippen LogP contribution in [-0.4, -0.2) is 18.9 Å². The smallest absolute Gasteiger partial charge is 0.209 e. The van der Waals surface area contributed by atoms with Gasteiger partial charge < -0.3 is 10.5 Å². The van der Waals surface area contributed by atoms with Crippen molar-refractivity contribution >= 4 is 5.71 Å². The SMILES string of the molecule is COC1=CCC(N)C(C2=CC=C(C)CC2)=N1. The molecule has 0 aromatic rings. The van der Waals surface area contributed by atoms with Gasteiger partial charge in [0, 0.05) is 0 Å². The summed E-state index contributed by atoms with van der Waals surface area (Å²) in [5, 5.41) is 0. The van der Waals surface area contributed by atoms with Gasteiger partial charge in [0.25, 0.3) is 0 Å². The van der Waals surface area contributed by atoms with E-state index < -0.39 is 0 Å². The van der Waals surface area contributed by atoms with Crippen LogP contribution in [0.25, 0.3) is 0 Å². The number of nitrogens with two attached hydrogens (primary N) is 1. The lowest BCUT2D eigenvalue weighted by molar-refractivity contribution is 0.284. The van der Waals surface area contributed by atoms with Gasteiger partial charge in [0.15, 0.2) is 0 Å². The lowest BCUT2D eigenvalue weighted by Crippen LogP contribution is -2.33. The molecule has 3 nitrogen and oxygen atoms in total. The molecule has 0 radical (unpaired) electrons. The van der Waals surface area contributed by atoms with E-state index in [0.717, 1.165) is 25.0 Å². The molecule has 0 bridgehead atoms. The van der Waals surface area contributed by atoms with E-state index in [0.29, 0.717) is 5.88 Å². The summed E-state index contributed by atoms with van der Waals surface area (Å²) in [5.41, 5.74) is 9.72. The molecule has 1 unspecified atom stereocenters. The van der Waals surface area contributed by atoms with Crippen molar-refractivity contribution in [3.05, 3.63) is 35.3 Å². The Bertz CT molecular complexity index is 402. The molecule has 1 aliphatic heterocycles. The Morgan fingerprint density at radius 1 is 1.38 bits per heavy atom. The van der Waals surface area contributed by atoms with Crippen molar-refractivity contribution in [3.8, 4) is 0 Å². The number of methoxy groups -OCH3 is 1. The van der Waals surface area contributed by atoms with E-state index in [-0.39, 0.29) is 6.04 Å². The molecule has 2 aliphatic rings. The molecule has 0 saturated carbocycles. The Kier molecular flexibility index (Phi) is 3.25. The Balaban J connectivity index is 2.26. The molecule has 1 aliphatic carbocycles. The minimum atomic E-state index is 0.0111.